The van der Waals surface area contributed by atoms with E-state index in [2.05, 4.69) is 25.5 Å². The zero-order chi connectivity index (χ0) is 21.0. The molecule has 0 saturated carbocycles. The minimum atomic E-state index is -4.52. The summed E-state index contributed by atoms with van der Waals surface area (Å²) in [6.45, 7) is 6.91. The number of fused-ring (bicyclic) bond motifs is 1. The number of halogens is 3. The van der Waals surface area contributed by atoms with Crippen molar-refractivity contribution in [3.63, 3.8) is 0 Å². The van der Waals surface area contributed by atoms with Crippen molar-refractivity contribution in [3.8, 4) is 0 Å². The Morgan fingerprint density at radius 1 is 1.24 bits per heavy atom. The van der Waals surface area contributed by atoms with E-state index in [9.17, 15) is 13.2 Å². The number of methoxy groups -OCH3 is 1. The molecule has 9 heteroatoms. The molecule has 2 heterocycles. The second kappa shape index (κ2) is 8.96. The Hall–Kier alpha value is -2.39. The molecule has 0 fully saturated rings. The minimum absolute atomic E-state index is 0.124. The van der Waals surface area contributed by atoms with E-state index in [0.717, 1.165) is 37.9 Å². The van der Waals surface area contributed by atoms with E-state index in [4.69, 9.17) is 4.74 Å². The molecule has 3 rings (SSSR count). The quantitative estimate of drug-likeness (QED) is 0.719. The first-order valence-electron chi connectivity index (χ1n) is 9.57. The van der Waals surface area contributed by atoms with Gasteiger partial charge in [0.15, 0.2) is 0 Å². The topological polar surface area (TPSA) is 62.3 Å². The van der Waals surface area contributed by atoms with Crippen molar-refractivity contribution < 1.29 is 17.9 Å². The maximum absolute atomic E-state index is 13.2. The summed E-state index contributed by atoms with van der Waals surface area (Å²) in [6, 6.07) is 5.76. The number of anilines is 3. The van der Waals surface area contributed by atoms with Gasteiger partial charge in [-0.1, -0.05) is 6.07 Å². The van der Waals surface area contributed by atoms with Crippen molar-refractivity contribution in [2.24, 2.45) is 0 Å². The number of nitrogens with one attached hydrogen (secondary N) is 2. The molecule has 1 aliphatic heterocycles. The van der Waals surface area contributed by atoms with E-state index in [1.807, 2.05) is 18.2 Å². The molecule has 0 atom stereocenters. The van der Waals surface area contributed by atoms with Crippen LogP contribution in [0.15, 0.2) is 24.4 Å². The molecule has 0 radical (unpaired) electrons. The van der Waals surface area contributed by atoms with Crippen molar-refractivity contribution in [1.82, 2.24) is 14.9 Å². The number of aromatic nitrogens is 2. The Morgan fingerprint density at radius 3 is 2.72 bits per heavy atom. The second-order valence-corrected chi connectivity index (χ2v) is 7.38. The molecule has 6 nitrogen and oxygen atoms in total. The molecular formula is C20H26F3N5O. The fourth-order valence-electron chi connectivity index (χ4n) is 3.26. The van der Waals surface area contributed by atoms with Gasteiger partial charge in [0.05, 0.1) is 6.61 Å². The van der Waals surface area contributed by atoms with Crippen LogP contribution in [0.4, 0.5) is 30.6 Å². The maximum atomic E-state index is 13.2. The van der Waals surface area contributed by atoms with Crippen molar-refractivity contribution in [3.05, 3.63) is 41.1 Å². The Bertz CT molecular complexity index is 841. The number of benzene rings is 1. The summed E-state index contributed by atoms with van der Waals surface area (Å²) in [5, 5.41) is 5.78. The molecular weight excluding hydrogens is 383 g/mol. The molecule has 0 amide bonds. The molecule has 1 aromatic heterocycles. The first kappa shape index (κ1) is 21.3. The predicted molar refractivity (Wildman–Crippen MR) is 106 cm³/mol. The number of rotatable bonds is 7. The highest BCUT2D eigenvalue weighted by atomic mass is 19.4. The maximum Gasteiger partial charge on any atom is 0.421 e. The lowest BCUT2D eigenvalue weighted by Gasteiger charge is -2.28. The van der Waals surface area contributed by atoms with Crippen LogP contribution in [0.2, 0.25) is 0 Å². The SMILES string of the molecule is COCCN1CCc2cc(Nc3ncc(C(F)(F)F)c(NC(C)C)n3)ccc2C1. The van der Waals surface area contributed by atoms with Crippen molar-refractivity contribution in [1.29, 1.82) is 0 Å². The second-order valence-electron chi connectivity index (χ2n) is 7.38. The Morgan fingerprint density at radius 2 is 2.03 bits per heavy atom. The molecule has 0 saturated heterocycles. The summed E-state index contributed by atoms with van der Waals surface area (Å²) < 4.78 is 44.7. The fourth-order valence-corrected chi connectivity index (χ4v) is 3.26. The molecule has 1 aliphatic rings. The van der Waals surface area contributed by atoms with Crippen LogP contribution in [0.5, 0.6) is 0 Å². The van der Waals surface area contributed by atoms with Gasteiger partial charge in [0, 0.05) is 44.7 Å². The van der Waals surface area contributed by atoms with Gasteiger partial charge in [-0.15, -0.1) is 0 Å². The van der Waals surface area contributed by atoms with Crippen LogP contribution in [-0.2, 0) is 23.9 Å². The van der Waals surface area contributed by atoms with E-state index in [-0.39, 0.29) is 17.8 Å². The van der Waals surface area contributed by atoms with Gasteiger partial charge in [-0.05, 0) is 43.5 Å². The monoisotopic (exact) mass is 409 g/mol. The van der Waals surface area contributed by atoms with E-state index in [1.165, 1.54) is 11.1 Å². The van der Waals surface area contributed by atoms with Gasteiger partial charge >= 0.3 is 6.18 Å². The average molecular weight is 409 g/mol. The molecule has 2 aromatic rings. The van der Waals surface area contributed by atoms with E-state index >= 15 is 0 Å². The summed E-state index contributed by atoms with van der Waals surface area (Å²) in [5.74, 6) is -0.102. The molecule has 0 bridgehead atoms. The lowest BCUT2D eigenvalue weighted by atomic mass is 9.99. The highest BCUT2D eigenvalue weighted by molar-refractivity contribution is 5.59. The summed E-state index contributed by atoms with van der Waals surface area (Å²) in [4.78, 5) is 10.3. The molecule has 2 N–H and O–H groups in total. The average Bonchev–Trinajstić information content (AvgIpc) is 2.65. The highest BCUT2D eigenvalue weighted by Crippen LogP contribution is 2.34. The largest absolute Gasteiger partial charge is 0.421 e. The van der Waals surface area contributed by atoms with Crippen LogP contribution in [-0.4, -0.2) is 47.7 Å². The third-order valence-electron chi connectivity index (χ3n) is 4.68. The van der Waals surface area contributed by atoms with Gasteiger partial charge in [-0.2, -0.15) is 18.2 Å². The summed E-state index contributed by atoms with van der Waals surface area (Å²) in [5.41, 5.74) is 2.34. The lowest BCUT2D eigenvalue weighted by Crippen LogP contribution is -2.33. The Balaban J connectivity index is 1.77. The normalized spacial score (nSPS) is 14.7. The van der Waals surface area contributed by atoms with E-state index in [0.29, 0.717) is 6.61 Å². The highest BCUT2D eigenvalue weighted by Gasteiger charge is 2.35. The third-order valence-corrected chi connectivity index (χ3v) is 4.68. The molecule has 0 aliphatic carbocycles. The molecule has 0 spiro atoms. The van der Waals surface area contributed by atoms with Crippen molar-refractivity contribution in [2.45, 2.75) is 39.0 Å². The van der Waals surface area contributed by atoms with Crippen LogP contribution in [0.3, 0.4) is 0 Å². The number of hydrogen-bond donors (Lipinski definition) is 2. The van der Waals surface area contributed by atoms with Crippen molar-refractivity contribution in [2.75, 3.05) is 37.4 Å². The lowest BCUT2D eigenvalue weighted by molar-refractivity contribution is -0.137. The molecule has 0 unspecified atom stereocenters. The zero-order valence-corrected chi connectivity index (χ0v) is 16.8. The van der Waals surface area contributed by atoms with Gasteiger partial charge in [0.1, 0.15) is 11.4 Å². The van der Waals surface area contributed by atoms with Crippen LogP contribution in [0.25, 0.3) is 0 Å². The summed E-state index contributed by atoms with van der Waals surface area (Å²) in [6.07, 6.45) is -2.80. The summed E-state index contributed by atoms with van der Waals surface area (Å²) in [7, 11) is 1.70. The number of hydrogen-bond acceptors (Lipinski definition) is 6. The van der Waals surface area contributed by atoms with Crippen LogP contribution >= 0.6 is 0 Å². The van der Waals surface area contributed by atoms with Gasteiger partial charge < -0.3 is 15.4 Å². The van der Waals surface area contributed by atoms with Crippen LogP contribution < -0.4 is 10.6 Å². The van der Waals surface area contributed by atoms with E-state index in [1.54, 1.807) is 21.0 Å². The number of alkyl halides is 3. The smallest absolute Gasteiger partial charge is 0.383 e. The number of nitrogens with zero attached hydrogens (tertiary/aromatic N) is 3. The standard InChI is InChI=1S/C20H26F3N5O/c1-13(2)25-18-17(20(21,22)23)11-24-19(27-18)26-16-5-4-15-12-28(8-9-29-3)7-6-14(15)10-16/h4-5,10-11,13H,6-9,12H2,1-3H3,(H2,24,25,26,27). The van der Waals surface area contributed by atoms with Crippen molar-refractivity contribution >= 4 is 17.5 Å². The zero-order valence-electron chi connectivity index (χ0n) is 16.8. The predicted octanol–water partition coefficient (Wildman–Crippen LogP) is 4.06. The van der Waals surface area contributed by atoms with Gasteiger partial charge in [0.2, 0.25) is 5.95 Å². The third kappa shape index (κ3) is 5.57. The fraction of sp³-hybridized carbons (Fsp3) is 0.500. The molecule has 29 heavy (non-hydrogen) atoms. The van der Waals surface area contributed by atoms with Gasteiger partial charge in [-0.25, -0.2) is 4.98 Å². The Labute approximate surface area is 168 Å². The van der Waals surface area contributed by atoms with Crippen LogP contribution in [0.1, 0.15) is 30.5 Å². The summed E-state index contributed by atoms with van der Waals surface area (Å²) >= 11 is 0. The Kier molecular flexibility index (Phi) is 6.59. The number of ether oxygens (including phenoxy) is 1. The molecule has 158 valence electrons. The van der Waals surface area contributed by atoms with E-state index < -0.39 is 11.7 Å². The molecule has 1 aromatic carbocycles. The first-order valence-corrected chi connectivity index (χ1v) is 9.57. The first-order chi connectivity index (χ1) is 13.8. The minimum Gasteiger partial charge on any atom is -0.383 e. The van der Waals surface area contributed by atoms with Gasteiger partial charge in [-0.3, -0.25) is 4.90 Å². The van der Waals surface area contributed by atoms with Gasteiger partial charge in [0.25, 0.3) is 0 Å². The van der Waals surface area contributed by atoms with Crippen LogP contribution in [0, 0.1) is 0 Å².